The molecule has 0 radical (unpaired) electrons. The van der Waals surface area contributed by atoms with Crippen LogP contribution in [0.3, 0.4) is 0 Å². The van der Waals surface area contributed by atoms with Crippen molar-refractivity contribution in [2.24, 2.45) is 0 Å². The molecule has 1 fully saturated rings. The van der Waals surface area contributed by atoms with Crippen LogP contribution in [0.1, 0.15) is 37.2 Å². The van der Waals surface area contributed by atoms with Gasteiger partial charge in [0.2, 0.25) is 5.91 Å². The molecule has 0 aromatic heterocycles. The van der Waals surface area contributed by atoms with Crippen molar-refractivity contribution >= 4 is 11.6 Å². The van der Waals surface area contributed by atoms with Crippen LogP contribution >= 0.6 is 0 Å². The third-order valence-electron chi connectivity index (χ3n) is 4.52. The normalized spacial score (nSPS) is 25.1. The molecule has 1 amide bonds. The van der Waals surface area contributed by atoms with Crippen LogP contribution in [0.25, 0.3) is 0 Å². The maximum absolute atomic E-state index is 12.5. The molecule has 3 rings (SSSR count). The summed E-state index contributed by atoms with van der Waals surface area (Å²) < 4.78 is 0. The number of hydrogen-bond acceptors (Lipinski definition) is 3. The number of carbonyl (C=O) groups is 1. The molecular formula is C16H22N2O2. The lowest BCUT2D eigenvalue weighted by Gasteiger charge is -2.35. The van der Waals surface area contributed by atoms with Crippen molar-refractivity contribution in [3.8, 4) is 0 Å². The molecule has 2 unspecified atom stereocenters. The molecule has 1 saturated heterocycles. The van der Waals surface area contributed by atoms with Gasteiger partial charge in [0.1, 0.15) is 0 Å². The Morgan fingerprint density at radius 3 is 3.05 bits per heavy atom. The Morgan fingerprint density at radius 2 is 2.20 bits per heavy atom. The van der Waals surface area contributed by atoms with Gasteiger partial charge in [-0.25, -0.2) is 0 Å². The van der Waals surface area contributed by atoms with Crippen molar-refractivity contribution < 1.29 is 9.90 Å². The first-order valence-electron chi connectivity index (χ1n) is 7.52. The van der Waals surface area contributed by atoms with Gasteiger partial charge in [0.15, 0.2) is 0 Å². The highest BCUT2D eigenvalue weighted by atomic mass is 16.3. The zero-order chi connectivity index (χ0) is 13.9. The summed E-state index contributed by atoms with van der Waals surface area (Å²) in [5.74, 6) is 0.451. The van der Waals surface area contributed by atoms with E-state index in [-0.39, 0.29) is 24.5 Å². The lowest BCUT2D eigenvalue weighted by atomic mass is 9.95. The topological polar surface area (TPSA) is 52.6 Å². The number of amides is 1. The number of aliphatic hydroxyl groups excluding tert-OH is 1. The molecule has 0 saturated carbocycles. The second-order valence-corrected chi connectivity index (χ2v) is 5.79. The summed E-state index contributed by atoms with van der Waals surface area (Å²) in [6, 6.07) is 8.24. The van der Waals surface area contributed by atoms with Crippen LogP contribution in [0.15, 0.2) is 24.3 Å². The van der Waals surface area contributed by atoms with Gasteiger partial charge in [0.05, 0.1) is 12.6 Å². The predicted molar refractivity (Wildman–Crippen MR) is 78.7 cm³/mol. The van der Waals surface area contributed by atoms with E-state index in [2.05, 4.69) is 17.4 Å². The number of fused-ring (bicyclic) bond motifs is 1. The van der Waals surface area contributed by atoms with E-state index in [1.165, 1.54) is 5.56 Å². The standard InChI is InChI=1S/C16H22N2O2/c19-11-13-5-3-4-8-18(13)16(20)9-12-10-17-15-7-2-1-6-14(12)15/h1-2,6-7,12-13,17,19H,3-5,8-11H2. The van der Waals surface area contributed by atoms with E-state index in [0.717, 1.165) is 38.0 Å². The van der Waals surface area contributed by atoms with Crippen molar-refractivity contribution in [2.45, 2.75) is 37.6 Å². The molecule has 108 valence electrons. The number of carbonyl (C=O) groups excluding carboxylic acids is 1. The van der Waals surface area contributed by atoms with Crippen LogP contribution in [-0.2, 0) is 4.79 Å². The van der Waals surface area contributed by atoms with Gasteiger partial charge in [-0.2, -0.15) is 0 Å². The van der Waals surface area contributed by atoms with Crippen molar-refractivity contribution in [1.82, 2.24) is 4.90 Å². The molecule has 2 heterocycles. The lowest BCUT2D eigenvalue weighted by molar-refractivity contribution is -0.136. The highest BCUT2D eigenvalue weighted by Gasteiger charge is 2.30. The fraction of sp³-hybridized carbons (Fsp3) is 0.562. The second kappa shape index (κ2) is 5.83. The number of rotatable bonds is 3. The number of anilines is 1. The van der Waals surface area contributed by atoms with Gasteiger partial charge in [0.25, 0.3) is 0 Å². The maximum Gasteiger partial charge on any atom is 0.223 e. The van der Waals surface area contributed by atoms with Crippen LogP contribution < -0.4 is 5.32 Å². The Balaban J connectivity index is 1.67. The summed E-state index contributed by atoms with van der Waals surface area (Å²) in [4.78, 5) is 14.4. The van der Waals surface area contributed by atoms with E-state index in [0.29, 0.717) is 6.42 Å². The predicted octanol–water partition coefficient (Wildman–Crippen LogP) is 1.96. The molecule has 1 aromatic carbocycles. The lowest BCUT2D eigenvalue weighted by Crippen LogP contribution is -2.46. The van der Waals surface area contributed by atoms with Gasteiger partial charge in [-0.15, -0.1) is 0 Å². The summed E-state index contributed by atoms with van der Waals surface area (Å²) >= 11 is 0. The van der Waals surface area contributed by atoms with Gasteiger partial charge in [-0.1, -0.05) is 18.2 Å². The molecule has 2 aliphatic heterocycles. The fourth-order valence-electron chi connectivity index (χ4n) is 3.39. The number of piperidine rings is 1. The maximum atomic E-state index is 12.5. The minimum absolute atomic E-state index is 0.0286. The third-order valence-corrected chi connectivity index (χ3v) is 4.52. The molecular weight excluding hydrogens is 252 g/mol. The summed E-state index contributed by atoms with van der Waals surface area (Å²) in [5, 5.41) is 12.8. The molecule has 4 nitrogen and oxygen atoms in total. The van der Waals surface area contributed by atoms with Gasteiger partial charge in [-0.3, -0.25) is 4.79 Å². The van der Waals surface area contributed by atoms with Gasteiger partial charge < -0.3 is 15.3 Å². The zero-order valence-corrected chi connectivity index (χ0v) is 11.7. The molecule has 0 spiro atoms. The van der Waals surface area contributed by atoms with Crippen LogP contribution in [0, 0.1) is 0 Å². The number of likely N-dealkylation sites (tertiary alicyclic amines) is 1. The second-order valence-electron chi connectivity index (χ2n) is 5.79. The Labute approximate surface area is 119 Å². The Morgan fingerprint density at radius 1 is 1.35 bits per heavy atom. The number of nitrogens with zero attached hydrogens (tertiary/aromatic N) is 1. The van der Waals surface area contributed by atoms with E-state index < -0.39 is 0 Å². The first-order valence-corrected chi connectivity index (χ1v) is 7.52. The van der Waals surface area contributed by atoms with E-state index in [1.807, 2.05) is 17.0 Å². The van der Waals surface area contributed by atoms with E-state index >= 15 is 0 Å². The summed E-state index contributed by atoms with van der Waals surface area (Å²) in [7, 11) is 0. The fourth-order valence-corrected chi connectivity index (χ4v) is 3.39. The van der Waals surface area contributed by atoms with Gasteiger partial charge in [0, 0.05) is 31.1 Å². The Hall–Kier alpha value is -1.55. The zero-order valence-electron chi connectivity index (χ0n) is 11.7. The van der Waals surface area contributed by atoms with Crippen molar-refractivity contribution in [1.29, 1.82) is 0 Å². The monoisotopic (exact) mass is 274 g/mol. The minimum atomic E-state index is 0.0286. The third kappa shape index (κ3) is 2.52. The highest BCUT2D eigenvalue weighted by molar-refractivity contribution is 5.78. The summed E-state index contributed by atoms with van der Waals surface area (Å²) in [5.41, 5.74) is 2.40. The molecule has 2 N–H and O–H groups in total. The Bertz CT molecular complexity index is 489. The molecule has 1 aromatic rings. The molecule has 0 aliphatic carbocycles. The van der Waals surface area contributed by atoms with Crippen molar-refractivity contribution in [3.63, 3.8) is 0 Å². The molecule has 2 atom stereocenters. The van der Waals surface area contributed by atoms with Crippen LogP contribution in [-0.4, -0.2) is 41.7 Å². The quantitative estimate of drug-likeness (QED) is 0.886. The molecule has 20 heavy (non-hydrogen) atoms. The average molecular weight is 274 g/mol. The first kappa shape index (κ1) is 13.4. The minimum Gasteiger partial charge on any atom is -0.394 e. The van der Waals surface area contributed by atoms with Gasteiger partial charge in [-0.05, 0) is 30.9 Å². The molecule has 2 aliphatic rings. The number of hydrogen-bond donors (Lipinski definition) is 2. The summed E-state index contributed by atoms with van der Waals surface area (Å²) in [6.07, 6.45) is 3.65. The van der Waals surface area contributed by atoms with Crippen LogP contribution in [0.2, 0.25) is 0 Å². The van der Waals surface area contributed by atoms with Crippen LogP contribution in [0.4, 0.5) is 5.69 Å². The van der Waals surface area contributed by atoms with Crippen LogP contribution in [0.5, 0.6) is 0 Å². The number of benzene rings is 1. The van der Waals surface area contributed by atoms with E-state index in [9.17, 15) is 9.90 Å². The Kier molecular flexibility index (Phi) is 3.92. The largest absolute Gasteiger partial charge is 0.394 e. The first-order chi connectivity index (χ1) is 9.79. The number of nitrogens with one attached hydrogen (secondary N) is 1. The smallest absolute Gasteiger partial charge is 0.223 e. The summed E-state index contributed by atoms with van der Waals surface area (Å²) in [6.45, 7) is 1.72. The molecule has 0 bridgehead atoms. The SMILES string of the molecule is O=C(CC1CNc2ccccc21)N1CCCCC1CO. The number of para-hydroxylation sites is 1. The van der Waals surface area contributed by atoms with Gasteiger partial charge >= 0.3 is 0 Å². The van der Waals surface area contributed by atoms with E-state index in [1.54, 1.807) is 0 Å². The van der Waals surface area contributed by atoms with E-state index in [4.69, 9.17) is 0 Å². The molecule has 4 heteroatoms. The number of aliphatic hydroxyl groups is 1. The van der Waals surface area contributed by atoms with Crippen molar-refractivity contribution in [2.75, 3.05) is 25.0 Å². The van der Waals surface area contributed by atoms with Crippen molar-refractivity contribution in [3.05, 3.63) is 29.8 Å². The average Bonchev–Trinajstić information content (AvgIpc) is 2.90. The highest BCUT2D eigenvalue weighted by Crippen LogP contribution is 2.34.